The van der Waals surface area contributed by atoms with Crippen molar-refractivity contribution >= 4 is 17.9 Å². The summed E-state index contributed by atoms with van der Waals surface area (Å²) in [7, 11) is 0. The normalized spacial score (nSPS) is 59.2. The van der Waals surface area contributed by atoms with Crippen LogP contribution in [0, 0.1) is 34.0 Å². The van der Waals surface area contributed by atoms with Crippen LogP contribution in [0.3, 0.4) is 0 Å². The van der Waals surface area contributed by atoms with Gasteiger partial charge in [-0.2, -0.15) is 0 Å². The van der Waals surface area contributed by atoms with E-state index in [0.29, 0.717) is 0 Å². The van der Waals surface area contributed by atoms with E-state index in [0.717, 1.165) is 0 Å². The van der Waals surface area contributed by atoms with Gasteiger partial charge in [0.2, 0.25) is 6.29 Å². The number of hydrogen-bond donors (Lipinski definition) is 2. The minimum absolute atomic E-state index is 0.107. The molecule has 29 heavy (non-hydrogen) atoms. The Morgan fingerprint density at radius 2 is 1.76 bits per heavy atom. The van der Waals surface area contributed by atoms with E-state index in [9.17, 15) is 24.6 Å². The lowest BCUT2D eigenvalue weighted by atomic mass is 9.52. The second-order valence-electron chi connectivity index (χ2n) is 10.6. The van der Waals surface area contributed by atoms with Gasteiger partial charge in [0.25, 0.3) is 0 Å². The molecule has 6 fully saturated rings. The predicted molar refractivity (Wildman–Crippen MR) is 90.6 cm³/mol. The summed E-state index contributed by atoms with van der Waals surface area (Å²) in [6, 6.07) is 0. The van der Waals surface area contributed by atoms with Crippen LogP contribution in [0.25, 0.3) is 0 Å². The van der Waals surface area contributed by atoms with E-state index in [2.05, 4.69) is 0 Å². The number of hydrogen-bond acceptors (Lipinski definition) is 9. The monoisotopic (exact) mass is 408 g/mol. The van der Waals surface area contributed by atoms with Gasteiger partial charge in [-0.15, -0.1) is 0 Å². The molecule has 4 heterocycles. The third kappa shape index (κ3) is 1.43. The highest BCUT2D eigenvalue weighted by Crippen LogP contribution is 2.83. The molecule has 4 saturated heterocycles. The molecule has 6 aliphatic rings. The second-order valence-corrected chi connectivity index (χ2v) is 10.6. The molecule has 0 aromatic carbocycles. The zero-order valence-electron chi connectivity index (χ0n) is 16.6. The van der Waals surface area contributed by atoms with E-state index < -0.39 is 88.2 Å². The number of carbonyl (C=O) groups is 3. The Hall–Kier alpha value is -1.71. The molecule has 0 aromatic rings. The van der Waals surface area contributed by atoms with Gasteiger partial charge >= 0.3 is 17.9 Å². The van der Waals surface area contributed by atoms with E-state index in [-0.39, 0.29) is 6.42 Å². The van der Waals surface area contributed by atoms with Crippen molar-refractivity contribution in [1.82, 2.24) is 0 Å². The van der Waals surface area contributed by atoms with E-state index in [1.54, 1.807) is 6.92 Å². The van der Waals surface area contributed by atoms with Crippen LogP contribution in [-0.4, -0.2) is 64.4 Å². The third-order valence-corrected chi connectivity index (χ3v) is 8.66. The van der Waals surface area contributed by atoms with Crippen LogP contribution in [-0.2, 0) is 33.3 Å². The molecule has 9 nitrogen and oxygen atoms in total. The number of aliphatic hydroxyl groups is 2. The van der Waals surface area contributed by atoms with Crippen LogP contribution >= 0.6 is 0 Å². The third-order valence-electron chi connectivity index (χ3n) is 8.66. The first kappa shape index (κ1) is 18.1. The molecule has 6 rings (SSSR count). The second kappa shape index (κ2) is 4.63. The standard InChI is InChI=1S/C20H24O9/c1-6-8-10(27-14(6)24)12(23)19-13-9(22)11(17(2,3)4)18(19)5-7(21)26-16(18)29-20(8,19)15(25)28-13/h6,8-13,16,22-23H,5H2,1-4H3/t6-,8-,9+,10?,11-,12?,13?,16?,18?,19?,20+/m0/s1. The fourth-order valence-corrected chi connectivity index (χ4v) is 8.28. The number of fused-ring (bicyclic) bond motifs is 1. The maximum Gasteiger partial charge on any atom is 0.340 e. The van der Waals surface area contributed by atoms with Crippen LogP contribution in [0.15, 0.2) is 0 Å². The molecule has 9 heteroatoms. The van der Waals surface area contributed by atoms with Crippen LogP contribution in [0.4, 0.5) is 0 Å². The van der Waals surface area contributed by atoms with Gasteiger partial charge in [-0.05, 0) is 5.41 Å². The minimum Gasteiger partial charge on any atom is -0.459 e. The molecule has 2 N–H and O–H groups in total. The maximum absolute atomic E-state index is 13.3. The SMILES string of the molecule is C[C@@H]1C(=O)OC2C(O)C34C5OC(=O)[C@]3(OC3OC(=O)CC34[C@H](C(C)(C)C)[C@H]5O)[C@H]21. The number of esters is 3. The Morgan fingerprint density at radius 3 is 2.41 bits per heavy atom. The molecule has 158 valence electrons. The van der Waals surface area contributed by atoms with Crippen molar-refractivity contribution < 1.29 is 43.5 Å². The Labute approximate surface area is 166 Å². The lowest BCUT2D eigenvalue weighted by Gasteiger charge is -2.45. The molecule has 2 saturated carbocycles. The molecule has 0 radical (unpaired) electrons. The summed E-state index contributed by atoms with van der Waals surface area (Å²) >= 11 is 0. The summed E-state index contributed by atoms with van der Waals surface area (Å²) in [4.78, 5) is 38.1. The number of ether oxygens (including phenoxy) is 4. The Bertz CT molecular complexity index is 878. The smallest absolute Gasteiger partial charge is 0.340 e. The van der Waals surface area contributed by atoms with E-state index in [4.69, 9.17) is 18.9 Å². The summed E-state index contributed by atoms with van der Waals surface area (Å²) in [5.74, 6) is -3.79. The van der Waals surface area contributed by atoms with Crippen LogP contribution in [0.1, 0.15) is 34.1 Å². The zero-order valence-corrected chi connectivity index (χ0v) is 16.6. The fraction of sp³-hybridized carbons (Fsp3) is 0.850. The molecule has 4 aliphatic heterocycles. The highest BCUT2D eigenvalue weighted by Gasteiger charge is 3.00. The minimum atomic E-state index is -1.71. The van der Waals surface area contributed by atoms with Gasteiger partial charge < -0.3 is 29.2 Å². The number of carbonyl (C=O) groups excluding carboxylic acids is 3. The average molecular weight is 408 g/mol. The quantitative estimate of drug-likeness (QED) is 0.403. The van der Waals surface area contributed by atoms with E-state index in [1.165, 1.54) is 0 Å². The summed E-state index contributed by atoms with van der Waals surface area (Å²) < 4.78 is 23.0. The molecular weight excluding hydrogens is 384 g/mol. The van der Waals surface area contributed by atoms with Gasteiger partial charge in [-0.25, -0.2) is 4.79 Å². The van der Waals surface area contributed by atoms with Gasteiger partial charge in [0.1, 0.15) is 18.3 Å². The largest absolute Gasteiger partial charge is 0.459 e. The van der Waals surface area contributed by atoms with Crippen LogP contribution < -0.4 is 0 Å². The highest BCUT2D eigenvalue weighted by atomic mass is 16.7. The molecule has 2 aliphatic carbocycles. The molecule has 0 aromatic heterocycles. The van der Waals surface area contributed by atoms with Gasteiger partial charge in [-0.3, -0.25) is 9.59 Å². The number of aliphatic hydroxyl groups excluding tert-OH is 2. The summed E-state index contributed by atoms with van der Waals surface area (Å²) in [6.07, 6.45) is -5.71. The first-order valence-electron chi connectivity index (χ1n) is 10.1. The van der Waals surface area contributed by atoms with Crippen molar-refractivity contribution in [3.8, 4) is 0 Å². The molecule has 2 spiro atoms. The first-order valence-corrected chi connectivity index (χ1v) is 10.1. The zero-order chi connectivity index (χ0) is 20.9. The summed E-state index contributed by atoms with van der Waals surface area (Å²) in [6.45, 7) is 7.43. The summed E-state index contributed by atoms with van der Waals surface area (Å²) in [5.41, 5.74) is -4.83. The molecule has 0 bridgehead atoms. The fourth-order valence-electron chi connectivity index (χ4n) is 8.28. The maximum atomic E-state index is 13.3. The molecular formula is C20H24O9. The molecule has 6 unspecified atom stereocenters. The van der Waals surface area contributed by atoms with Crippen molar-refractivity contribution in [3.63, 3.8) is 0 Å². The van der Waals surface area contributed by atoms with E-state index >= 15 is 0 Å². The Kier molecular flexibility index (Phi) is 2.89. The molecule has 0 amide bonds. The van der Waals surface area contributed by atoms with Crippen molar-refractivity contribution in [2.24, 2.45) is 34.0 Å². The van der Waals surface area contributed by atoms with Crippen molar-refractivity contribution in [2.45, 2.75) is 70.4 Å². The van der Waals surface area contributed by atoms with Crippen LogP contribution in [0.2, 0.25) is 0 Å². The van der Waals surface area contributed by atoms with Crippen molar-refractivity contribution in [2.75, 3.05) is 0 Å². The van der Waals surface area contributed by atoms with Gasteiger partial charge in [0.05, 0.1) is 35.2 Å². The Morgan fingerprint density at radius 1 is 1.07 bits per heavy atom. The van der Waals surface area contributed by atoms with Gasteiger partial charge in [0.15, 0.2) is 5.60 Å². The van der Waals surface area contributed by atoms with Gasteiger partial charge in [0, 0.05) is 5.92 Å². The lowest BCUT2D eigenvalue weighted by molar-refractivity contribution is -0.207. The Balaban J connectivity index is 1.69. The first-order chi connectivity index (χ1) is 13.5. The lowest BCUT2D eigenvalue weighted by Crippen LogP contribution is -2.59. The van der Waals surface area contributed by atoms with Gasteiger partial charge in [-0.1, -0.05) is 27.7 Å². The summed E-state index contributed by atoms with van der Waals surface area (Å²) in [5, 5.41) is 23.0. The highest BCUT2D eigenvalue weighted by molar-refractivity contribution is 5.91. The topological polar surface area (TPSA) is 129 Å². The van der Waals surface area contributed by atoms with Crippen molar-refractivity contribution in [3.05, 3.63) is 0 Å². The predicted octanol–water partition coefficient (Wildman–Crippen LogP) is -0.484. The average Bonchev–Trinajstić information content (AvgIpc) is 3.30. The van der Waals surface area contributed by atoms with Crippen LogP contribution in [0.5, 0.6) is 0 Å². The van der Waals surface area contributed by atoms with Crippen molar-refractivity contribution in [1.29, 1.82) is 0 Å². The molecule has 11 atom stereocenters. The van der Waals surface area contributed by atoms with E-state index in [1.807, 2.05) is 20.8 Å². The number of rotatable bonds is 0.